The molecule has 0 radical (unpaired) electrons. The molecular formula is C13H13ClIN3O. The van der Waals surface area contributed by atoms with E-state index in [9.17, 15) is 4.79 Å². The zero-order valence-corrected chi connectivity index (χ0v) is 13.3. The van der Waals surface area contributed by atoms with E-state index < -0.39 is 0 Å². The highest BCUT2D eigenvalue weighted by molar-refractivity contribution is 14.1. The molecule has 1 aromatic carbocycles. The molecule has 0 saturated heterocycles. The lowest BCUT2D eigenvalue weighted by Crippen LogP contribution is -2.26. The Balaban J connectivity index is 2.03. The average Bonchev–Trinajstić information content (AvgIpc) is 2.41. The third-order valence-corrected chi connectivity index (χ3v) is 4.27. The molecule has 0 aliphatic rings. The van der Waals surface area contributed by atoms with Gasteiger partial charge in [0.25, 0.3) is 5.56 Å². The quantitative estimate of drug-likeness (QED) is 0.818. The first-order valence-electron chi connectivity index (χ1n) is 5.79. The lowest BCUT2D eigenvalue weighted by atomic mass is 10.3. The summed E-state index contributed by atoms with van der Waals surface area (Å²) in [6.07, 6.45) is 1.58. The Bertz CT molecular complexity index is 642. The number of anilines is 1. The fourth-order valence-corrected chi connectivity index (χ4v) is 2.27. The first-order chi connectivity index (χ1) is 9.09. The first-order valence-corrected chi connectivity index (χ1v) is 7.25. The monoisotopic (exact) mass is 389 g/mol. The van der Waals surface area contributed by atoms with Gasteiger partial charge in [0.05, 0.1) is 26.3 Å². The van der Waals surface area contributed by atoms with Crippen LogP contribution in [0.1, 0.15) is 5.69 Å². The van der Waals surface area contributed by atoms with Gasteiger partial charge in [-0.25, -0.2) is 4.98 Å². The van der Waals surface area contributed by atoms with Crippen molar-refractivity contribution in [2.45, 2.75) is 13.5 Å². The first kappa shape index (κ1) is 14.3. The van der Waals surface area contributed by atoms with Gasteiger partial charge in [-0.2, -0.15) is 0 Å². The minimum absolute atomic E-state index is 0.00550. The molecule has 0 bridgehead atoms. The summed E-state index contributed by atoms with van der Waals surface area (Å²) in [5, 5.41) is 3.87. The van der Waals surface area contributed by atoms with Gasteiger partial charge in [-0.3, -0.25) is 9.36 Å². The van der Waals surface area contributed by atoms with Crippen LogP contribution in [0.4, 0.5) is 5.69 Å². The maximum absolute atomic E-state index is 12.0. The topological polar surface area (TPSA) is 46.9 Å². The Hall–Kier alpha value is -1.08. The predicted molar refractivity (Wildman–Crippen MR) is 85.9 cm³/mol. The van der Waals surface area contributed by atoms with Crippen molar-refractivity contribution in [2.24, 2.45) is 0 Å². The van der Waals surface area contributed by atoms with Crippen molar-refractivity contribution in [1.29, 1.82) is 0 Å². The normalized spacial score (nSPS) is 10.5. The number of nitrogens with zero attached hydrogens (tertiary/aromatic N) is 2. The standard InChI is InChI=1S/C13H13ClIN3O/c1-9-12(15)13(19)18(8-17-9)7-6-16-11-5-3-2-4-10(11)14/h2-5,8,16H,6-7H2,1H3. The molecule has 19 heavy (non-hydrogen) atoms. The Morgan fingerprint density at radius 2 is 2.16 bits per heavy atom. The molecule has 0 amide bonds. The SMILES string of the molecule is Cc1ncn(CCNc2ccccc2Cl)c(=O)c1I. The molecule has 2 rings (SSSR count). The molecule has 0 aliphatic carbocycles. The molecule has 2 aromatic rings. The van der Waals surface area contributed by atoms with Crippen molar-refractivity contribution < 1.29 is 0 Å². The maximum Gasteiger partial charge on any atom is 0.267 e. The molecule has 0 atom stereocenters. The van der Waals surface area contributed by atoms with Gasteiger partial charge < -0.3 is 5.32 Å². The fraction of sp³-hybridized carbons (Fsp3) is 0.231. The van der Waals surface area contributed by atoms with Crippen LogP contribution in [0.2, 0.25) is 5.02 Å². The number of hydrogen-bond donors (Lipinski definition) is 1. The second-order valence-corrected chi connectivity index (χ2v) is 5.54. The zero-order chi connectivity index (χ0) is 13.8. The van der Waals surface area contributed by atoms with Gasteiger partial charge in [-0.1, -0.05) is 23.7 Å². The Labute approximate surface area is 130 Å². The third-order valence-electron chi connectivity index (χ3n) is 2.70. The van der Waals surface area contributed by atoms with Crippen LogP contribution in [0, 0.1) is 10.5 Å². The van der Waals surface area contributed by atoms with Gasteiger partial charge in [-0.15, -0.1) is 0 Å². The van der Waals surface area contributed by atoms with Gasteiger partial charge in [0, 0.05) is 13.1 Å². The summed E-state index contributed by atoms with van der Waals surface area (Å²) < 4.78 is 2.26. The summed E-state index contributed by atoms with van der Waals surface area (Å²) >= 11 is 8.06. The van der Waals surface area contributed by atoms with Gasteiger partial charge in [0.1, 0.15) is 0 Å². The van der Waals surface area contributed by atoms with Gasteiger partial charge >= 0.3 is 0 Å². The van der Waals surface area contributed by atoms with Gasteiger partial charge in [-0.05, 0) is 41.6 Å². The van der Waals surface area contributed by atoms with Crippen LogP contribution in [0.25, 0.3) is 0 Å². The minimum Gasteiger partial charge on any atom is -0.382 e. The van der Waals surface area contributed by atoms with E-state index >= 15 is 0 Å². The Morgan fingerprint density at radius 3 is 2.89 bits per heavy atom. The molecule has 6 heteroatoms. The number of rotatable bonds is 4. The smallest absolute Gasteiger partial charge is 0.267 e. The van der Waals surface area contributed by atoms with Gasteiger partial charge in [0.2, 0.25) is 0 Å². The van der Waals surface area contributed by atoms with Crippen molar-refractivity contribution >= 4 is 39.9 Å². The number of halogens is 2. The largest absolute Gasteiger partial charge is 0.382 e. The number of nitrogens with one attached hydrogen (secondary N) is 1. The third kappa shape index (κ3) is 3.48. The van der Waals surface area contributed by atoms with Crippen molar-refractivity contribution in [1.82, 2.24) is 9.55 Å². The molecule has 1 heterocycles. The Morgan fingerprint density at radius 1 is 1.42 bits per heavy atom. The van der Waals surface area contributed by atoms with Crippen molar-refractivity contribution in [3.63, 3.8) is 0 Å². The van der Waals surface area contributed by atoms with Crippen LogP contribution in [0.3, 0.4) is 0 Å². The summed E-state index contributed by atoms with van der Waals surface area (Å²) in [7, 11) is 0. The van der Waals surface area contributed by atoms with Crippen LogP contribution in [0.5, 0.6) is 0 Å². The molecular weight excluding hydrogens is 377 g/mol. The highest BCUT2D eigenvalue weighted by Crippen LogP contribution is 2.19. The molecule has 100 valence electrons. The number of para-hydroxylation sites is 1. The van der Waals surface area contributed by atoms with Crippen molar-refractivity contribution in [2.75, 3.05) is 11.9 Å². The molecule has 1 N–H and O–H groups in total. The summed E-state index contributed by atoms with van der Waals surface area (Å²) in [6, 6.07) is 7.52. The molecule has 0 spiro atoms. The Kier molecular flexibility index (Phi) is 4.81. The van der Waals surface area contributed by atoms with Gasteiger partial charge in [0.15, 0.2) is 0 Å². The van der Waals surface area contributed by atoms with E-state index in [1.807, 2.05) is 53.8 Å². The molecule has 4 nitrogen and oxygen atoms in total. The van der Waals surface area contributed by atoms with Crippen LogP contribution in [0.15, 0.2) is 35.4 Å². The van der Waals surface area contributed by atoms with Crippen LogP contribution >= 0.6 is 34.2 Å². The number of benzene rings is 1. The van der Waals surface area contributed by atoms with Crippen LogP contribution in [-0.4, -0.2) is 16.1 Å². The van der Waals surface area contributed by atoms with Crippen LogP contribution in [-0.2, 0) is 6.54 Å². The predicted octanol–water partition coefficient (Wildman–Crippen LogP) is 2.92. The lowest BCUT2D eigenvalue weighted by molar-refractivity contribution is 0.672. The molecule has 0 fully saturated rings. The summed E-state index contributed by atoms with van der Waals surface area (Å²) in [4.78, 5) is 16.1. The molecule has 0 unspecified atom stereocenters. The van der Waals surface area contributed by atoms with Crippen LogP contribution < -0.4 is 10.9 Å². The highest BCUT2D eigenvalue weighted by Gasteiger charge is 2.05. The summed E-state index contributed by atoms with van der Waals surface area (Å²) in [5.41, 5.74) is 1.63. The van der Waals surface area contributed by atoms with E-state index in [4.69, 9.17) is 11.6 Å². The average molecular weight is 390 g/mol. The summed E-state index contributed by atoms with van der Waals surface area (Å²) in [6.45, 7) is 2.99. The van der Waals surface area contributed by atoms with E-state index in [0.29, 0.717) is 21.7 Å². The number of hydrogen-bond acceptors (Lipinski definition) is 3. The second-order valence-electron chi connectivity index (χ2n) is 4.05. The van der Waals surface area contributed by atoms with E-state index in [1.165, 1.54) is 0 Å². The van der Waals surface area contributed by atoms with E-state index in [0.717, 1.165) is 11.4 Å². The molecule has 0 saturated carbocycles. The van der Waals surface area contributed by atoms with E-state index in [-0.39, 0.29) is 5.56 Å². The fourth-order valence-electron chi connectivity index (χ4n) is 1.62. The second kappa shape index (κ2) is 6.38. The summed E-state index contributed by atoms with van der Waals surface area (Å²) in [5.74, 6) is 0. The number of aryl methyl sites for hydroxylation is 1. The zero-order valence-electron chi connectivity index (χ0n) is 10.4. The minimum atomic E-state index is -0.00550. The molecule has 0 aliphatic heterocycles. The highest BCUT2D eigenvalue weighted by atomic mass is 127. The van der Waals surface area contributed by atoms with E-state index in [2.05, 4.69) is 10.3 Å². The van der Waals surface area contributed by atoms with Crippen molar-refractivity contribution in [3.05, 3.63) is 55.2 Å². The van der Waals surface area contributed by atoms with E-state index in [1.54, 1.807) is 10.9 Å². The number of aromatic nitrogens is 2. The van der Waals surface area contributed by atoms with Crippen molar-refractivity contribution in [3.8, 4) is 0 Å². The molecule has 1 aromatic heterocycles. The lowest BCUT2D eigenvalue weighted by Gasteiger charge is -2.10. The maximum atomic E-state index is 12.0.